The van der Waals surface area contributed by atoms with Gasteiger partial charge in [0.25, 0.3) is 0 Å². The number of anilines is 1. The largest absolute Gasteiger partial charge is 0.465 e. The van der Waals surface area contributed by atoms with Crippen molar-refractivity contribution >= 4 is 40.6 Å². The van der Waals surface area contributed by atoms with Crippen LogP contribution in [0.2, 0.25) is 5.02 Å². The molecule has 0 radical (unpaired) electrons. The van der Waals surface area contributed by atoms with Gasteiger partial charge in [-0.05, 0) is 35.9 Å². The van der Waals surface area contributed by atoms with Gasteiger partial charge < -0.3 is 15.0 Å². The van der Waals surface area contributed by atoms with Crippen LogP contribution in [0.15, 0.2) is 35.7 Å². The molecule has 2 amide bonds. The van der Waals surface area contributed by atoms with Crippen molar-refractivity contribution in [1.82, 2.24) is 4.90 Å². The lowest BCUT2D eigenvalue weighted by atomic mass is 10.0. The fourth-order valence-corrected chi connectivity index (χ4v) is 3.95. The van der Waals surface area contributed by atoms with Crippen LogP contribution in [0.25, 0.3) is 0 Å². The van der Waals surface area contributed by atoms with Crippen molar-refractivity contribution in [2.45, 2.75) is 18.9 Å². The van der Waals surface area contributed by atoms with Crippen molar-refractivity contribution in [2.75, 3.05) is 19.0 Å². The summed E-state index contributed by atoms with van der Waals surface area (Å²) in [7, 11) is 1.32. The fraction of sp³-hybridized carbons (Fsp3) is 0.294. The van der Waals surface area contributed by atoms with Crippen LogP contribution in [0.3, 0.4) is 0 Å². The quantitative estimate of drug-likeness (QED) is 0.812. The third-order valence-corrected chi connectivity index (χ3v) is 5.29. The summed E-state index contributed by atoms with van der Waals surface area (Å²) in [6.45, 7) is 0.652. The van der Waals surface area contributed by atoms with Crippen LogP contribution in [-0.4, -0.2) is 30.6 Å². The molecule has 24 heavy (non-hydrogen) atoms. The highest BCUT2D eigenvalue weighted by atomic mass is 35.5. The topological polar surface area (TPSA) is 58.6 Å². The van der Waals surface area contributed by atoms with E-state index in [-0.39, 0.29) is 12.1 Å². The summed E-state index contributed by atoms with van der Waals surface area (Å²) in [5.74, 6) is -0.454. The predicted octanol–water partition coefficient (Wildman–Crippen LogP) is 4.56. The first-order valence-corrected chi connectivity index (χ1v) is 8.85. The van der Waals surface area contributed by atoms with Crippen molar-refractivity contribution < 1.29 is 14.3 Å². The van der Waals surface area contributed by atoms with Gasteiger partial charge in [0.2, 0.25) is 0 Å². The van der Waals surface area contributed by atoms with Gasteiger partial charge in [0, 0.05) is 11.6 Å². The van der Waals surface area contributed by atoms with Crippen LogP contribution in [0.5, 0.6) is 0 Å². The average Bonchev–Trinajstić information content (AvgIpc) is 3.23. The lowest BCUT2D eigenvalue weighted by molar-refractivity contribution is 0.0607. The molecule has 1 atom stereocenters. The highest BCUT2D eigenvalue weighted by molar-refractivity contribution is 7.12. The first kappa shape index (κ1) is 16.8. The molecule has 1 aromatic carbocycles. The van der Waals surface area contributed by atoms with E-state index in [4.69, 9.17) is 16.3 Å². The Balaban J connectivity index is 1.79. The predicted molar refractivity (Wildman–Crippen MR) is 94.8 cm³/mol. The van der Waals surface area contributed by atoms with Gasteiger partial charge in [-0.3, -0.25) is 0 Å². The second-order valence-corrected chi connectivity index (χ2v) is 6.78. The molecule has 5 nitrogen and oxygen atoms in total. The molecule has 0 aliphatic carbocycles. The third kappa shape index (κ3) is 3.25. The zero-order valence-electron chi connectivity index (χ0n) is 13.1. The summed E-state index contributed by atoms with van der Waals surface area (Å²) in [6.07, 6.45) is 1.78. The highest BCUT2D eigenvalue weighted by Crippen LogP contribution is 2.36. The number of hydrogen-bond acceptors (Lipinski definition) is 4. The van der Waals surface area contributed by atoms with Gasteiger partial charge in [0.05, 0.1) is 18.8 Å². The number of methoxy groups -OCH3 is 1. The Morgan fingerprint density at radius 2 is 2.12 bits per heavy atom. The normalized spacial score (nSPS) is 16.9. The van der Waals surface area contributed by atoms with E-state index in [2.05, 4.69) is 5.32 Å². The SMILES string of the molecule is COC(=O)c1sccc1NC(=O)N1CCC[C@H]1c1ccccc1Cl. The number of nitrogens with one attached hydrogen (secondary N) is 1. The molecule has 0 unspecified atom stereocenters. The van der Waals surface area contributed by atoms with Crippen molar-refractivity contribution in [2.24, 2.45) is 0 Å². The Hall–Kier alpha value is -2.05. The van der Waals surface area contributed by atoms with E-state index >= 15 is 0 Å². The molecule has 1 N–H and O–H groups in total. The van der Waals surface area contributed by atoms with Gasteiger partial charge in [0.15, 0.2) is 0 Å². The first-order valence-electron chi connectivity index (χ1n) is 7.59. The summed E-state index contributed by atoms with van der Waals surface area (Å²) in [5.41, 5.74) is 1.42. The number of halogens is 1. The van der Waals surface area contributed by atoms with Gasteiger partial charge in [-0.25, -0.2) is 9.59 Å². The number of urea groups is 1. The minimum absolute atomic E-state index is 0.0566. The van der Waals surface area contributed by atoms with Crippen LogP contribution in [-0.2, 0) is 4.74 Å². The monoisotopic (exact) mass is 364 g/mol. The molecule has 0 spiro atoms. The number of ether oxygens (including phenoxy) is 1. The number of benzene rings is 1. The molecule has 1 fully saturated rings. The summed E-state index contributed by atoms with van der Waals surface area (Å²) in [6, 6.07) is 8.99. The zero-order valence-corrected chi connectivity index (χ0v) is 14.7. The van der Waals surface area contributed by atoms with Gasteiger partial charge in [-0.1, -0.05) is 29.8 Å². The van der Waals surface area contributed by atoms with E-state index in [1.165, 1.54) is 18.4 Å². The van der Waals surface area contributed by atoms with Crippen molar-refractivity contribution in [3.05, 3.63) is 51.2 Å². The van der Waals surface area contributed by atoms with E-state index in [1.54, 1.807) is 16.3 Å². The molecule has 2 heterocycles. The molecule has 7 heteroatoms. The Morgan fingerprint density at radius 1 is 1.33 bits per heavy atom. The number of thiophene rings is 1. The number of likely N-dealkylation sites (tertiary alicyclic amines) is 1. The minimum Gasteiger partial charge on any atom is -0.465 e. The Morgan fingerprint density at radius 3 is 2.88 bits per heavy atom. The van der Waals surface area contributed by atoms with Crippen LogP contribution in [0.1, 0.15) is 34.1 Å². The molecule has 1 aromatic heterocycles. The molecule has 0 bridgehead atoms. The number of nitrogens with zero attached hydrogens (tertiary/aromatic N) is 1. The summed E-state index contributed by atoms with van der Waals surface area (Å²) < 4.78 is 4.74. The average molecular weight is 365 g/mol. The number of amides is 2. The highest BCUT2D eigenvalue weighted by Gasteiger charge is 2.31. The van der Waals surface area contributed by atoms with Gasteiger partial charge in [0.1, 0.15) is 4.88 Å². The van der Waals surface area contributed by atoms with E-state index in [1.807, 2.05) is 24.3 Å². The number of hydrogen-bond donors (Lipinski definition) is 1. The third-order valence-electron chi connectivity index (χ3n) is 4.06. The minimum atomic E-state index is -0.454. The zero-order chi connectivity index (χ0) is 17.1. The lowest BCUT2D eigenvalue weighted by Crippen LogP contribution is -2.34. The molecule has 0 saturated carbocycles. The van der Waals surface area contributed by atoms with E-state index in [9.17, 15) is 9.59 Å². The maximum absolute atomic E-state index is 12.7. The Bertz CT molecular complexity index is 762. The number of carbonyl (C=O) groups excluding carboxylic acids is 2. The fourth-order valence-electron chi connectivity index (χ4n) is 2.92. The maximum atomic E-state index is 12.7. The first-order chi connectivity index (χ1) is 11.6. The molecule has 1 aliphatic heterocycles. The van der Waals surface area contributed by atoms with Gasteiger partial charge in [-0.2, -0.15) is 0 Å². The summed E-state index contributed by atoms with van der Waals surface area (Å²) in [4.78, 5) is 26.6. The molecule has 126 valence electrons. The number of rotatable bonds is 3. The number of esters is 1. The van der Waals surface area contributed by atoms with E-state index in [0.29, 0.717) is 22.1 Å². The maximum Gasteiger partial charge on any atom is 0.350 e. The van der Waals surface area contributed by atoms with Crippen LogP contribution < -0.4 is 5.32 Å². The molecule has 1 aliphatic rings. The van der Waals surface area contributed by atoms with E-state index < -0.39 is 5.97 Å². The van der Waals surface area contributed by atoms with Crippen molar-refractivity contribution in [3.63, 3.8) is 0 Å². The van der Waals surface area contributed by atoms with Gasteiger partial charge in [-0.15, -0.1) is 11.3 Å². The summed E-state index contributed by atoms with van der Waals surface area (Å²) in [5, 5.41) is 5.23. The Labute approximate surface area is 149 Å². The standard InChI is InChI=1S/C17H17ClN2O3S/c1-23-16(21)15-13(8-10-24-15)19-17(22)20-9-4-7-14(20)11-5-2-3-6-12(11)18/h2-3,5-6,8,10,14H,4,7,9H2,1H3,(H,19,22)/t14-/m0/s1. The van der Waals surface area contributed by atoms with E-state index in [0.717, 1.165) is 18.4 Å². The van der Waals surface area contributed by atoms with Crippen molar-refractivity contribution in [1.29, 1.82) is 0 Å². The Kier molecular flexibility index (Phi) is 5.06. The molecule has 1 saturated heterocycles. The second-order valence-electron chi connectivity index (χ2n) is 5.46. The molecule has 2 aromatic rings. The molecule has 3 rings (SSSR count). The van der Waals surface area contributed by atoms with Crippen molar-refractivity contribution in [3.8, 4) is 0 Å². The lowest BCUT2D eigenvalue weighted by Gasteiger charge is -2.26. The van der Waals surface area contributed by atoms with Crippen LogP contribution in [0.4, 0.5) is 10.5 Å². The van der Waals surface area contributed by atoms with Crippen LogP contribution >= 0.6 is 22.9 Å². The number of carbonyl (C=O) groups is 2. The van der Waals surface area contributed by atoms with Crippen LogP contribution in [0, 0.1) is 0 Å². The smallest absolute Gasteiger partial charge is 0.350 e. The second kappa shape index (κ2) is 7.23. The van der Waals surface area contributed by atoms with Gasteiger partial charge >= 0.3 is 12.0 Å². The molecular formula is C17H17ClN2O3S. The summed E-state index contributed by atoms with van der Waals surface area (Å²) >= 11 is 7.52. The molecular weight excluding hydrogens is 348 g/mol.